The third-order valence-electron chi connectivity index (χ3n) is 2.21. The van der Waals surface area contributed by atoms with E-state index < -0.39 is 4.92 Å². The van der Waals surface area contributed by atoms with Gasteiger partial charge in [0.2, 0.25) is 0 Å². The van der Waals surface area contributed by atoms with Crippen LogP contribution in [0.4, 0.5) is 11.5 Å². The van der Waals surface area contributed by atoms with Crippen LogP contribution >= 0.6 is 0 Å². The van der Waals surface area contributed by atoms with Crippen LogP contribution in [0.3, 0.4) is 0 Å². The fourth-order valence-corrected chi connectivity index (χ4v) is 1.23. The van der Waals surface area contributed by atoms with Crippen molar-refractivity contribution in [2.45, 2.75) is 19.4 Å². The molecular formula is C10H15N3O3. The van der Waals surface area contributed by atoms with E-state index in [1.807, 2.05) is 0 Å². The summed E-state index contributed by atoms with van der Waals surface area (Å²) in [6, 6.07) is 2.77. The van der Waals surface area contributed by atoms with Crippen LogP contribution in [0.5, 0.6) is 0 Å². The van der Waals surface area contributed by atoms with Gasteiger partial charge in [-0.2, -0.15) is 0 Å². The summed E-state index contributed by atoms with van der Waals surface area (Å²) in [5.41, 5.74) is 0.0221. The lowest BCUT2D eigenvalue weighted by Gasteiger charge is -2.18. The van der Waals surface area contributed by atoms with E-state index in [-0.39, 0.29) is 11.8 Å². The predicted octanol–water partition coefficient (Wildman–Crippen LogP) is 1.20. The smallest absolute Gasteiger partial charge is 0.274 e. The van der Waals surface area contributed by atoms with Gasteiger partial charge in [0.05, 0.1) is 17.1 Å². The number of aliphatic hydroxyl groups is 1. The molecule has 1 atom stereocenters. The number of nitrogens with zero attached hydrogens (tertiary/aromatic N) is 3. The molecule has 1 aromatic heterocycles. The second-order valence-corrected chi connectivity index (χ2v) is 3.69. The Hall–Kier alpha value is -1.69. The average molecular weight is 225 g/mol. The minimum absolute atomic E-state index is 0.0221. The molecule has 0 saturated heterocycles. The van der Waals surface area contributed by atoms with E-state index in [0.717, 1.165) is 0 Å². The number of nitro groups is 1. The minimum Gasteiger partial charge on any atom is -0.393 e. The van der Waals surface area contributed by atoms with Crippen molar-refractivity contribution >= 4 is 11.5 Å². The van der Waals surface area contributed by atoms with Crippen molar-refractivity contribution in [3.05, 3.63) is 28.4 Å². The molecule has 0 aromatic carbocycles. The number of rotatable bonds is 5. The van der Waals surface area contributed by atoms with Crippen LogP contribution in [0.25, 0.3) is 0 Å². The number of hydrogen-bond acceptors (Lipinski definition) is 5. The highest BCUT2D eigenvalue weighted by molar-refractivity contribution is 5.45. The lowest BCUT2D eigenvalue weighted by Crippen LogP contribution is -2.22. The van der Waals surface area contributed by atoms with E-state index in [0.29, 0.717) is 18.8 Å². The fourth-order valence-electron chi connectivity index (χ4n) is 1.23. The molecule has 0 amide bonds. The first-order valence-corrected chi connectivity index (χ1v) is 5.00. The molecule has 0 fully saturated rings. The first kappa shape index (κ1) is 12.4. The molecule has 6 heteroatoms. The van der Waals surface area contributed by atoms with Crippen molar-refractivity contribution in [1.82, 2.24) is 4.98 Å². The van der Waals surface area contributed by atoms with E-state index in [1.165, 1.54) is 18.3 Å². The summed E-state index contributed by atoms with van der Waals surface area (Å²) in [6.07, 6.45) is 1.62. The van der Waals surface area contributed by atoms with Gasteiger partial charge in [-0.15, -0.1) is 0 Å². The highest BCUT2D eigenvalue weighted by Crippen LogP contribution is 2.17. The van der Waals surface area contributed by atoms with Crippen molar-refractivity contribution < 1.29 is 10.0 Å². The Labute approximate surface area is 93.7 Å². The predicted molar refractivity (Wildman–Crippen MR) is 60.5 cm³/mol. The lowest BCUT2D eigenvalue weighted by atomic mass is 10.2. The molecular weight excluding hydrogens is 210 g/mol. The minimum atomic E-state index is -0.451. The zero-order valence-electron chi connectivity index (χ0n) is 9.33. The Balaban J connectivity index is 2.71. The molecule has 1 unspecified atom stereocenters. The van der Waals surface area contributed by atoms with Crippen molar-refractivity contribution in [3.8, 4) is 0 Å². The molecule has 6 nitrogen and oxygen atoms in total. The van der Waals surface area contributed by atoms with Crippen LogP contribution in [0.15, 0.2) is 18.3 Å². The van der Waals surface area contributed by atoms with Gasteiger partial charge in [0.1, 0.15) is 5.82 Å². The highest BCUT2D eigenvalue weighted by atomic mass is 16.6. The van der Waals surface area contributed by atoms with Crippen LogP contribution in [0.2, 0.25) is 0 Å². The normalized spacial score (nSPS) is 12.2. The quantitative estimate of drug-likeness (QED) is 0.601. The summed E-state index contributed by atoms with van der Waals surface area (Å²) in [5.74, 6) is 0.537. The second-order valence-electron chi connectivity index (χ2n) is 3.69. The van der Waals surface area contributed by atoms with Gasteiger partial charge in [-0.25, -0.2) is 4.98 Å². The van der Waals surface area contributed by atoms with E-state index >= 15 is 0 Å². The lowest BCUT2D eigenvalue weighted by molar-refractivity contribution is -0.384. The summed E-state index contributed by atoms with van der Waals surface area (Å²) >= 11 is 0. The Kier molecular flexibility index (Phi) is 4.19. The van der Waals surface area contributed by atoms with E-state index in [9.17, 15) is 10.1 Å². The summed E-state index contributed by atoms with van der Waals surface area (Å²) in [5, 5.41) is 19.7. The average Bonchev–Trinajstić information content (AvgIpc) is 2.26. The maximum absolute atomic E-state index is 10.6. The van der Waals surface area contributed by atoms with Crippen molar-refractivity contribution in [3.63, 3.8) is 0 Å². The van der Waals surface area contributed by atoms with Gasteiger partial charge in [0.25, 0.3) is 5.69 Å². The van der Waals surface area contributed by atoms with Gasteiger partial charge < -0.3 is 10.0 Å². The van der Waals surface area contributed by atoms with Crippen LogP contribution in [-0.4, -0.2) is 34.7 Å². The molecule has 88 valence electrons. The summed E-state index contributed by atoms with van der Waals surface area (Å²) in [7, 11) is 1.79. The van der Waals surface area contributed by atoms with E-state index in [2.05, 4.69) is 4.98 Å². The van der Waals surface area contributed by atoms with E-state index in [1.54, 1.807) is 18.9 Å². The Bertz CT molecular complexity index is 368. The van der Waals surface area contributed by atoms with Gasteiger partial charge in [-0.05, 0) is 13.3 Å². The highest BCUT2D eigenvalue weighted by Gasteiger charge is 2.10. The number of anilines is 1. The fraction of sp³-hybridized carbons (Fsp3) is 0.500. The molecule has 0 radical (unpaired) electrons. The van der Waals surface area contributed by atoms with Crippen molar-refractivity contribution in [2.75, 3.05) is 18.5 Å². The SMILES string of the molecule is CC(O)CCN(C)c1cc([N+](=O)[O-])ccn1. The number of aromatic nitrogens is 1. The molecule has 1 aromatic rings. The standard InChI is InChI=1S/C10H15N3O3/c1-8(14)4-6-12(2)10-7-9(13(15)16)3-5-11-10/h3,5,7-8,14H,4,6H2,1-2H3. The molecule has 1 N–H and O–H groups in total. The Morgan fingerprint density at radius 1 is 1.69 bits per heavy atom. The first-order chi connectivity index (χ1) is 7.50. The molecule has 0 saturated carbocycles. The van der Waals surface area contributed by atoms with Gasteiger partial charge in [-0.3, -0.25) is 10.1 Å². The van der Waals surface area contributed by atoms with Gasteiger partial charge in [0, 0.05) is 25.9 Å². The summed E-state index contributed by atoms with van der Waals surface area (Å²) in [4.78, 5) is 15.9. The van der Waals surface area contributed by atoms with Crippen LogP contribution < -0.4 is 4.90 Å². The third-order valence-corrected chi connectivity index (χ3v) is 2.21. The molecule has 16 heavy (non-hydrogen) atoms. The summed E-state index contributed by atoms with van der Waals surface area (Å²) < 4.78 is 0. The summed E-state index contributed by atoms with van der Waals surface area (Å²) in [6.45, 7) is 2.31. The van der Waals surface area contributed by atoms with E-state index in [4.69, 9.17) is 5.11 Å². The maximum Gasteiger partial charge on any atom is 0.274 e. The van der Waals surface area contributed by atoms with Crippen LogP contribution in [0, 0.1) is 10.1 Å². The van der Waals surface area contributed by atoms with Gasteiger partial charge in [0.15, 0.2) is 0 Å². The van der Waals surface area contributed by atoms with Gasteiger partial charge >= 0.3 is 0 Å². The number of hydrogen-bond donors (Lipinski definition) is 1. The Morgan fingerprint density at radius 2 is 2.38 bits per heavy atom. The second kappa shape index (κ2) is 5.41. The first-order valence-electron chi connectivity index (χ1n) is 5.00. The van der Waals surface area contributed by atoms with Crippen LogP contribution in [0.1, 0.15) is 13.3 Å². The molecule has 1 heterocycles. The largest absolute Gasteiger partial charge is 0.393 e. The third kappa shape index (κ3) is 3.47. The molecule has 0 aliphatic rings. The monoisotopic (exact) mass is 225 g/mol. The Morgan fingerprint density at radius 3 is 2.94 bits per heavy atom. The molecule has 0 spiro atoms. The van der Waals surface area contributed by atoms with Gasteiger partial charge in [-0.1, -0.05) is 0 Å². The van der Waals surface area contributed by atoms with Crippen molar-refractivity contribution in [1.29, 1.82) is 0 Å². The zero-order valence-corrected chi connectivity index (χ0v) is 9.33. The number of aliphatic hydroxyl groups excluding tert-OH is 1. The molecule has 0 aliphatic heterocycles. The molecule has 1 rings (SSSR count). The topological polar surface area (TPSA) is 79.5 Å². The van der Waals surface area contributed by atoms with Crippen molar-refractivity contribution in [2.24, 2.45) is 0 Å². The molecule has 0 aliphatic carbocycles. The maximum atomic E-state index is 10.6. The van der Waals surface area contributed by atoms with Crippen LogP contribution in [-0.2, 0) is 0 Å². The zero-order chi connectivity index (χ0) is 12.1. The number of pyridine rings is 1. The molecule has 0 bridgehead atoms.